The fourth-order valence-electron chi connectivity index (χ4n) is 2.84. The van der Waals surface area contributed by atoms with E-state index in [9.17, 15) is 9.59 Å². The molecule has 0 bridgehead atoms. The molecule has 0 aliphatic rings. The van der Waals surface area contributed by atoms with Gasteiger partial charge in [-0.3, -0.25) is 10.0 Å². The van der Waals surface area contributed by atoms with Crippen molar-refractivity contribution in [1.29, 1.82) is 0 Å². The maximum atomic E-state index is 11.7. The number of hydrogen-bond donors (Lipinski definition) is 4. The summed E-state index contributed by atoms with van der Waals surface area (Å²) in [5.41, 5.74) is 2.88. The first-order valence-electron chi connectivity index (χ1n) is 8.89. The van der Waals surface area contributed by atoms with Crippen molar-refractivity contribution in [3.63, 3.8) is 0 Å². The number of anilines is 1. The lowest BCUT2D eigenvalue weighted by atomic mass is 9.93. The van der Waals surface area contributed by atoms with Crippen molar-refractivity contribution < 1.29 is 14.8 Å². The van der Waals surface area contributed by atoms with Crippen molar-refractivity contribution in [2.75, 3.05) is 11.9 Å². The summed E-state index contributed by atoms with van der Waals surface area (Å²) < 4.78 is 0. The van der Waals surface area contributed by atoms with E-state index in [-0.39, 0.29) is 5.54 Å². The molecule has 1 atom stereocenters. The van der Waals surface area contributed by atoms with E-state index >= 15 is 0 Å². The Balaban J connectivity index is 1.96. The third-order valence-corrected chi connectivity index (χ3v) is 4.65. The van der Waals surface area contributed by atoms with Crippen molar-refractivity contribution in [3.05, 3.63) is 65.7 Å². The van der Waals surface area contributed by atoms with Crippen LogP contribution in [0.4, 0.5) is 5.69 Å². The first kappa shape index (κ1) is 20.6. The van der Waals surface area contributed by atoms with Crippen LogP contribution >= 0.6 is 0 Å². The second-order valence-electron chi connectivity index (χ2n) is 7.35. The van der Waals surface area contributed by atoms with Gasteiger partial charge in [0.05, 0.1) is 5.54 Å². The number of benzene rings is 2. The summed E-state index contributed by atoms with van der Waals surface area (Å²) in [6.45, 7) is 6.71. The third-order valence-electron chi connectivity index (χ3n) is 4.65. The predicted molar refractivity (Wildman–Crippen MR) is 106 cm³/mol. The summed E-state index contributed by atoms with van der Waals surface area (Å²) in [4.78, 5) is 23.1. The predicted octanol–water partition coefficient (Wildman–Crippen LogP) is 3.09. The molecular formula is C21H27N3O3. The van der Waals surface area contributed by atoms with Gasteiger partial charge in [0.1, 0.15) is 6.29 Å². The van der Waals surface area contributed by atoms with Crippen molar-refractivity contribution in [3.8, 4) is 0 Å². The van der Waals surface area contributed by atoms with Gasteiger partial charge < -0.3 is 15.4 Å². The Morgan fingerprint density at radius 3 is 2.22 bits per heavy atom. The molecule has 144 valence electrons. The Labute approximate surface area is 159 Å². The van der Waals surface area contributed by atoms with E-state index in [0.29, 0.717) is 18.5 Å². The topological polar surface area (TPSA) is 90.5 Å². The zero-order chi connectivity index (χ0) is 19.9. The maximum Gasteiger partial charge on any atom is 0.274 e. The second-order valence-corrected chi connectivity index (χ2v) is 7.35. The van der Waals surface area contributed by atoms with E-state index in [1.165, 1.54) is 5.56 Å². The minimum Gasteiger partial charge on any atom is -0.373 e. The second kappa shape index (κ2) is 8.79. The molecule has 0 radical (unpaired) electrons. The van der Waals surface area contributed by atoms with Gasteiger partial charge in [-0.25, -0.2) is 5.48 Å². The zero-order valence-electron chi connectivity index (χ0n) is 16.0. The van der Waals surface area contributed by atoms with Crippen LogP contribution in [0.2, 0.25) is 0 Å². The van der Waals surface area contributed by atoms with Gasteiger partial charge in [-0.05, 0) is 63.6 Å². The van der Waals surface area contributed by atoms with E-state index in [4.69, 9.17) is 5.21 Å². The van der Waals surface area contributed by atoms with Gasteiger partial charge in [-0.2, -0.15) is 0 Å². The maximum absolute atomic E-state index is 11.7. The van der Waals surface area contributed by atoms with E-state index in [0.717, 1.165) is 12.0 Å². The first-order chi connectivity index (χ1) is 12.8. The van der Waals surface area contributed by atoms with Crippen LogP contribution in [0, 0.1) is 0 Å². The number of carbonyl (C=O) groups excluding carboxylic acids is 2. The first-order valence-corrected chi connectivity index (χ1v) is 8.89. The number of amides is 1. The molecule has 0 saturated carbocycles. The highest BCUT2D eigenvalue weighted by Gasteiger charge is 2.25. The summed E-state index contributed by atoms with van der Waals surface area (Å²) in [6, 6.07) is 16.7. The van der Waals surface area contributed by atoms with Crippen LogP contribution in [0.3, 0.4) is 0 Å². The number of carbonyl (C=O) groups is 2. The molecule has 0 aliphatic heterocycles. The Bertz CT molecular complexity index is 760. The van der Waals surface area contributed by atoms with Crippen LogP contribution in [0.1, 0.15) is 43.1 Å². The van der Waals surface area contributed by atoms with Gasteiger partial charge in [-0.15, -0.1) is 0 Å². The lowest BCUT2D eigenvalue weighted by molar-refractivity contribution is -0.111. The summed E-state index contributed by atoms with van der Waals surface area (Å²) in [5.74, 6) is -0.577. The SMILES string of the molecule is CC(C=O)(CCNC(C)(C)c1ccccc1)Nc1ccc(C(=O)NO)cc1. The highest BCUT2D eigenvalue weighted by molar-refractivity contribution is 5.93. The molecule has 0 saturated heterocycles. The summed E-state index contributed by atoms with van der Waals surface area (Å²) in [5, 5.41) is 15.4. The largest absolute Gasteiger partial charge is 0.373 e. The molecule has 2 aromatic rings. The number of hydrogen-bond acceptors (Lipinski definition) is 5. The minimum absolute atomic E-state index is 0.204. The number of hydroxylamine groups is 1. The van der Waals surface area contributed by atoms with E-state index < -0.39 is 11.4 Å². The minimum atomic E-state index is -0.749. The van der Waals surface area contributed by atoms with Crippen molar-refractivity contribution in [2.24, 2.45) is 0 Å². The van der Waals surface area contributed by atoms with Crippen molar-refractivity contribution in [2.45, 2.75) is 38.3 Å². The number of aldehydes is 1. The van der Waals surface area contributed by atoms with E-state index in [1.807, 2.05) is 25.1 Å². The highest BCUT2D eigenvalue weighted by atomic mass is 16.5. The molecule has 1 unspecified atom stereocenters. The molecular weight excluding hydrogens is 342 g/mol. The Kier molecular flexibility index (Phi) is 6.71. The summed E-state index contributed by atoms with van der Waals surface area (Å²) in [6.07, 6.45) is 1.49. The molecule has 6 heteroatoms. The fraction of sp³-hybridized carbons (Fsp3) is 0.333. The van der Waals surface area contributed by atoms with Crippen molar-refractivity contribution >= 4 is 17.9 Å². The molecule has 1 amide bonds. The molecule has 6 nitrogen and oxygen atoms in total. The lowest BCUT2D eigenvalue weighted by Gasteiger charge is -2.31. The molecule has 0 aliphatic carbocycles. The van der Waals surface area contributed by atoms with E-state index in [2.05, 4.69) is 36.6 Å². The Hall–Kier alpha value is -2.70. The molecule has 2 rings (SSSR count). The smallest absolute Gasteiger partial charge is 0.274 e. The Morgan fingerprint density at radius 1 is 1.04 bits per heavy atom. The van der Waals surface area contributed by atoms with E-state index in [1.54, 1.807) is 29.7 Å². The van der Waals surface area contributed by atoms with Crippen LogP contribution in [0.15, 0.2) is 54.6 Å². The van der Waals surface area contributed by atoms with Crippen LogP contribution in [0.5, 0.6) is 0 Å². The van der Waals surface area contributed by atoms with Gasteiger partial charge in [-0.1, -0.05) is 30.3 Å². The fourth-order valence-corrected chi connectivity index (χ4v) is 2.84. The summed E-state index contributed by atoms with van der Waals surface area (Å²) >= 11 is 0. The average molecular weight is 369 g/mol. The van der Waals surface area contributed by atoms with Crippen molar-refractivity contribution in [1.82, 2.24) is 10.8 Å². The molecule has 4 N–H and O–H groups in total. The number of nitrogens with one attached hydrogen (secondary N) is 3. The van der Waals surface area contributed by atoms with Gasteiger partial charge in [0.25, 0.3) is 5.91 Å². The van der Waals surface area contributed by atoms with Gasteiger partial charge in [0.2, 0.25) is 0 Å². The van der Waals surface area contributed by atoms with Crippen LogP contribution in [-0.4, -0.2) is 29.5 Å². The molecule has 2 aromatic carbocycles. The molecule has 0 fully saturated rings. The Morgan fingerprint density at radius 2 is 1.67 bits per heavy atom. The third kappa shape index (κ3) is 5.64. The number of rotatable bonds is 9. The average Bonchev–Trinajstić information content (AvgIpc) is 2.68. The zero-order valence-corrected chi connectivity index (χ0v) is 16.0. The quantitative estimate of drug-likeness (QED) is 0.310. The lowest BCUT2D eigenvalue weighted by Crippen LogP contribution is -2.43. The van der Waals surface area contributed by atoms with Gasteiger partial charge >= 0.3 is 0 Å². The normalized spacial score (nSPS) is 13.5. The molecule has 0 aromatic heterocycles. The van der Waals surface area contributed by atoms with Crippen LogP contribution in [-0.2, 0) is 10.3 Å². The van der Waals surface area contributed by atoms with Gasteiger partial charge in [0.15, 0.2) is 0 Å². The highest BCUT2D eigenvalue weighted by Crippen LogP contribution is 2.21. The van der Waals surface area contributed by atoms with Crippen LogP contribution < -0.4 is 16.1 Å². The molecule has 0 spiro atoms. The summed E-state index contributed by atoms with van der Waals surface area (Å²) in [7, 11) is 0. The molecule has 27 heavy (non-hydrogen) atoms. The molecule has 0 heterocycles. The monoisotopic (exact) mass is 369 g/mol. The van der Waals surface area contributed by atoms with Gasteiger partial charge in [0, 0.05) is 16.8 Å². The van der Waals surface area contributed by atoms with Crippen LogP contribution in [0.25, 0.3) is 0 Å². The standard InChI is InChI=1S/C21H27N3O3/c1-20(2,17-7-5-4-6-8-17)22-14-13-21(3,15-25)23-18-11-9-16(10-12-18)19(26)24-27/h4-12,15,22-23,27H,13-14H2,1-3H3,(H,24,26).